The van der Waals surface area contributed by atoms with Crippen LogP contribution in [-0.2, 0) is 9.59 Å². The first kappa shape index (κ1) is 8.97. The van der Waals surface area contributed by atoms with Crippen molar-refractivity contribution in [3.05, 3.63) is 12.2 Å². The Morgan fingerprint density at radius 3 is 2.58 bits per heavy atom. The molecule has 2 amide bonds. The van der Waals surface area contributed by atoms with Crippen LogP contribution in [0.5, 0.6) is 0 Å². The average molecular weight is 167 g/mol. The average Bonchev–Trinajstić information content (AvgIpc) is 2.32. The molecular weight excluding hydrogens is 154 g/mol. The summed E-state index contributed by atoms with van der Waals surface area (Å²) >= 11 is 0. The molecule has 0 aromatic heterocycles. The summed E-state index contributed by atoms with van der Waals surface area (Å²) < 4.78 is 0. The molecule has 1 atom stereocenters. The van der Waals surface area contributed by atoms with Crippen LogP contribution in [0.4, 0.5) is 0 Å². The topological polar surface area (TPSA) is 37.4 Å². The summed E-state index contributed by atoms with van der Waals surface area (Å²) in [6, 6.07) is 0. The highest BCUT2D eigenvalue weighted by Gasteiger charge is 2.32. The lowest BCUT2D eigenvalue weighted by Gasteiger charge is -2.13. The van der Waals surface area contributed by atoms with Gasteiger partial charge in [0.05, 0.1) is 0 Å². The Labute approximate surface area is 72.0 Å². The molecule has 1 saturated heterocycles. The number of imide groups is 1. The zero-order valence-corrected chi connectivity index (χ0v) is 7.46. The van der Waals surface area contributed by atoms with Gasteiger partial charge in [0.25, 0.3) is 5.91 Å². The van der Waals surface area contributed by atoms with Crippen LogP contribution in [0.3, 0.4) is 0 Å². The smallest absolute Gasteiger partial charge is 0.255 e. The second kappa shape index (κ2) is 3.09. The standard InChI is InChI=1S/C9H13NO2/c1-6(2)8(11)10-5-4-7(3)9(10)12/h7H,1,4-5H2,2-3H3. The third kappa shape index (κ3) is 1.40. The van der Waals surface area contributed by atoms with Crippen LogP contribution in [-0.4, -0.2) is 23.3 Å². The molecule has 1 unspecified atom stereocenters. The van der Waals surface area contributed by atoms with Crippen LogP contribution >= 0.6 is 0 Å². The maximum atomic E-state index is 11.3. The molecule has 0 aliphatic carbocycles. The summed E-state index contributed by atoms with van der Waals surface area (Å²) in [5, 5.41) is 0. The first-order valence-corrected chi connectivity index (χ1v) is 4.05. The summed E-state index contributed by atoms with van der Waals surface area (Å²) in [5.41, 5.74) is 0.428. The van der Waals surface area contributed by atoms with E-state index < -0.39 is 0 Å². The molecular formula is C9H13NO2. The lowest BCUT2D eigenvalue weighted by Crippen LogP contribution is -2.33. The lowest BCUT2D eigenvalue weighted by molar-refractivity contribution is -0.140. The largest absolute Gasteiger partial charge is 0.279 e. The van der Waals surface area contributed by atoms with E-state index in [0.717, 1.165) is 6.42 Å². The minimum absolute atomic E-state index is 0.00620. The van der Waals surface area contributed by atoms with Crippen molar-refractivity contribution in [1.29, 1.82) is 0 Å². The molecule has 3 heteroatoms. The fourth-order valence-electron chi connectivity index (χ4n) is 1.25. The number of carbonyl (C=O) groups is 2. The van der Waals surface area contributed by atoms with Gasteiger partial charge in [0.15, 0.2) is 0 Å². The molecule has 0 saturated carbocycles. The highest BCUT2D eigenvalue weighted by atomic mass is 16.2. The quantitative estimate of drug-likeness (QED) is 0.545. The number of nitrogens with zero attached hydrogens (tertiary/aromatic N) is 1. The molecule has 0 spiro atoms. The van der Waals surface area contributed by atoms with E-state index in [1.54, 1.807) is 6.92 Å². The molecule has 1 aliphatic rings. The Hall–Kier alpha value is -1.12. The molecule has 1 aliphatic heterocycles. The molecule has 0 N–H and O–H groups in total. The second-order valence-electron chi connectivity index (χ2n) is 3.27. The second-order valence-corrected chi connectivity index (χ2v) is 3.27. The zero-order valence-electron chi connectivity index (χ0n) is 7.46. The van der Waals surface area contributed by atoms with Gasteiger partial charge >= 0.3 is 0 Å². The number of carbonyl (C=O) groups excluding carboxylic acids is 2. The third-order valence-corrected chi connectivity index (χ3v) is 2.08. The van der Waals surface area contributed by atoms with E-state index in [4.69, 9.17) is 0 Å². The molecule has 0 aromatic rings. The van der Waals surface area contributed by atoms with Crippen molar-refractivity contribution in [2.45, 2.75) is 20.3 Å². The number of likely N-dealkylation sites (tertiary alicyclic amines) is 1. The van der Waals surface area contributed by atoms with Crippen molar-refractivity contribution >= 4 is 11.8 Å². The Morgan fingerprint density at radius 1 is 1.67 bits per heavy atom. The monoisotopic (exact) mass is 167 g/mol. The van der Waals surface area contributed by atoms with E-state index in [2.05, 4.69) is 6.58 Å². The molecule has 1 fully saturated rings. The normalized spacial score (nSPS) is 23.0. The minimum atomic E-state index is -0.232. The fraction of sp³-hybridized carbons (Fsp3) is 0.556. The molecule has 12 heavy (non-hydrogen) atoms. The zero-order chi connectivity index (χ0) is 9.30. The van der Waals surface area contributed by atoms with Gasteiger partial charge in [-0.1, -0.05) is 13.5 Å². The summed E-state index contributed by atoms with van der Waals surface area (Å²) in [7, 11) is 0. The lowest BCUT2D eigenvalue weighted by atomic mass is 10.1. The van der Waals surface area contributed by atoms with Gasteiger partial charge in [-0.3, -0.25) is 14.5 Å². The van der Waals surface area contributed by atoms with E-state index >= 15 is 0 Å². The number of hydrogen-bond acceptors (Lipinski definition) is 2. The minimum Gasteiger partial charge on any atom is -0.279 e. The predicted octanol–water partition coefficient (Wildman–Crippen LogP) is 0.958. The number of hydrogen-bond donors (Lipinski definition) is 0. The van der Waals surface area contributed by atoms with Crippen LogP contribution in [0.2, 0.25) is 0 Å². The van der Waals surface area contributed by atoms with Crippen LogP contribution < -0.4 is 0 Å². The summed E-state index contributed by atoms with van der Waals surface area (Å²) in [6.45, 7) is 7.53. The number of rotatable bonds is 1. The summed E-state index contributed by atoms with van der Waals surface area (Å²) in [4.78, 5) is 23.9. The van der Waals surface area contributed by atoms with Gasteiger partial charge < -0.3 is 0 Å². The van der Waals surface area contributed by atoms with Crippen molar-refractivity contribution < 1.29 is 9.59 Å². The molecule has 66 valence electrons. The van der Waals surface area contributed by atoms with Crippen LogP contribution in [0.25, 0.3) is 0 Å². The van der Waals surface area contributed by atoms with E-state index in [0.29, 0.717) is 12.1 Å². The Kier molecular flexibility index (Phi) is 2.31. The van der Waals surface area contributed by atoms with Gasteiger partial charge in [-0.25, -0.2) is 0 Å². The molecule has 1 heterocycles. The molecule has 0 bridgehead atoms. The Balaban J connectivity index is 2.72. The molecule has 1 rings (SSSR count). The van der Waals surface area contributed by atoms with Crippen molar-refractivity contribution in [3.8, 4) is 0 Å². The SMILES string of the molecule is C=C(C)C(=O)N1CCC(C)C1=O. The summed E-state index contributed by atoms with van der Waals surface area (Å²) in [5.74, 6) is -0.305. The fourth-order valence-corrected chi connectivity index (χ4v) is 1.25. The van der Waals surface area contributed by atoms with Gasteiger partial charge in [0.2, 0.25) is 5.91 Å². The molecule has 3 nitrogen and oxygen atoms in total. The predicted molar refractivity (Wildman–Crippen MR) is 45.3 cm³/mol. The first-order valence-electron chi connectivity index (χ1n) is 4.05. The highest BCUT2D eigenvalue weighted by molar-refractivity contribution is 6.05. The number of amides is 2. The van der Waals surface area contributed by atoms with Crippen LogP contribution in [0.1, 0.15) is 20.3 Å². The van der Waals surface area contributed by atoms with Crippen LogP contribution in [0.15, 0.2) is 12.2 Å². The first-order chi connectivity index (χ1) is 5.54. The van der Waals surface area contributed by atoms with Crippen LogP contribution in [0, 0.1) is 5.92 Å². The van der Waals surface area contributed by atoms with Crippen molar-refractivity contribution in [3.63, 3.8) is 0 Å². The third-order valence-electron chi connectivity index (χ3n) is 2.08. The van der Waals surface area contributed by atoms with Gasteiger partial charge in [-0.15, -0.1) is 0 Å². The van der Waals surface area contributed by atoms with Crippen molar-refractivity contribution in [2.75, 3.05) is 6.54 Å². The van der Waals surface area contributed by atoms with E-state index in [1.165, 1.54) is 4.90 Å². The Morgan fingerprint density at radius 2 is 2.25 bits per heavy atom. The van der Waals surface area contributed by atoms with E-state index in [9.17, 15) is 9.59 Å². The maximum absolute atomic E-state index is 11.3. The van der Waals surface area contributed by atoms with Gasteiger partial charge in [-0.05, 0) is 13.3 Å². The van der Waals surface area contributed by atoms with Gasteiger partial charge in [0.1, 0.15) is 0 Å². The maximum Gasteiger partial charge on any atom is 0.255 e. The van der Waals surface area contributed by atoms with Gasteiger partial charge in [-0.2, -0.15) is 0 Å². The van der Waals surface area contributed by atoms with Crippen molar-refractivity contribution in [1.82, 2.24) is 4.90 Å². The molecule has 0 radical (unpaired) electrons. The Bertz CT molecular complexity index is 245. The highest BCUT2D eigenvalue weighted by Crippen LogP contribution is 2.18. The summed E-state index contributed by atoms with van der Waals surface area (Å²) in [6.07, 6.45) is 0.776. The molecule has 0 aromatic carbocycles. The van der Waals surface area contributed by atoms with E-state index in [-0.39, 0.29) is 17.7 Å². The van der Waals surface area contributed by atoms with E-state index in [1.807, 2.05) is 6.92 Å². The van der Waals surface area contributed by atoms with Crippen molar-refractivity contribution in [2.24, 2.45) is 5.92 Å². The van der Waals surface area contributed by atoms with Gasteiger partial charge in [0, 0.05) is 18.0 Å².